The summed E-state index contributed by atoms with van der Waals surface area (Å²) < 4.78 is 5.39. The molecule has 0 aliphatic carbocycles. The van der Waals surface area contributed by atoms with Gasteiger partial charge in [-0.3, -0.25) is 19.5 Å². The van der Waals surface area contributed by atoms with Crippen molar-refractivity contribution in [3.8, 4) is 0 Å². The number of benzene rings is 1. The van der Waals surface area contributed by atoms with Crippen LogP contribution in [0.3, 0.4) is 0 Å². The van der Waals surface area contributed by atoms with Crippen molar-refractivity contribution in [1.82, 2.24) is 14.9 Å². The van der Waals surface area contributed by atoms with Gasteiger partial charge in [0.15, 0.2) is 10.8 Å². The Bertz CT molecular complexity index is 1340. The number of rotatable bonds is 7. The molecule has 0 spiro atoms. The maximum absolute atomic E-state index is 12.9. The van der Waals surface area contributed by atoms with E-state index in [1.165, 1.54) is 11.3 Å². The largest absolute Gasteiger partial charge is 0.379 e. The number of aromatic nitrogens is 2. The summed E-state index contributed by atoms with van der Waals surface area (Å²) in [5.74, 6) is -1.02. The van der Waals surface area contributed by atoms with Gasteiger partial charge in [-0.15, -0.1) is 11.3 Å². The first-order chi connectivity index (χ1) is 16.6. The molecule has 1 fully saturated rings. The third-order valence-corrected chi connectivity index (χ3v) is 7.19. The first-order valence-corrected chi connectivity index (χ1v) is 12.4. The molecule has 4 N–H and O–H groups in total. The monoisotopic (exact) mass is 494 g/mol. The van der Waals surface area contributed by atoms with Gasteiger partial charge < -0.3 is 21.1 Å². The highest BCUT2D eigenvalue weighted by Crippen LogP contribution is 2.33. The van der Waals surface area contributed by atoms with Gasteiger partial charge in [-0.1, -0.05) is 29.5 Å². The normalized spacial score (nSPS) is 14.2. The van der Waals surface area contributed by atoms with Gasteiger partial charge in [0.2, 0.25) is 0 Å². The lowest BCUT2D eigenvalue weighted by atomic mass is 10.2. The van der Waals surface area contributed by atoms with E-state index >= 15 is 0 Å². The molecule has 5 rings (SSSR count). The predicted molar refractivity (Wildman–Crippen MR) is 134 cm³/mol. The quantitative estimate of drug-likeness (QED) is 0.358. The van der Waals surface area contributed by atoms with Crippen LogP contribution in [0.25, 0.3) is 10.9 Å². The van der Waals surface area contributed by atoms with E-state index in [2.05, 4.69) is 25.5 Å². The first-order valence-electron chi connectivity index (χ1n) is 10.7. The highest BCUT2D eigenvalue weighted by atomic mass is 32.1. The number of morpholine rings is 1. The lowest BCUT2D eigenvalue weighted by molar-refractivity contribution is 0.0346. The van der Waals surface area contributed by atoms with E-state index in [0.29, 0.717) is 15.7 Å². The third-order valence-electron chi connectivity index (χ3n) is 5.38. The summed E-state index contributed by atoms with van der Waals surface area (Å²) in [6.45, 7) is 4.00. The van der Waals surface area contributed by atoms with Gasteiger partial charge in [-0.25, -0.2) is 4.98 Å². The molecule has 11 heteroatoms. The van der Waals surface area contributed by atoms with Crippen molar-refractivity contribution in [1.29, 1.82) is 0 Å². The zero-order chi connectivity index (χ0) is 23.5. The zero-order valence-electron chi connectivity index (χ0n) is 18.1. The van der Waals surface area contributed by atoms with Gasteiger partial charge in [-0.05, 0) is 18.2 Å². The van der Waals surface area contributed by atoms with Crippen molar-refractivity contribution in [2.45, 2.75) is 6.54 Å². The Labute approximate surface area is 203 Å². The SMILES string of the molecule is NC(=O)c1nc(Nc2ccnc3ccccc23)sc1NC(=O)c1csc(CN2CCOCC2)c1. The number of hydrogen-bond acceptors (Lipinski definition) is 9. The van der Waals surface area contributed by atoms with Gasteiger partial charge in [-0.2, -0.15) is 0 Å². The maximum Gasteiger partial charge on any atom is 0.270 e. The Kier molecular flexibility index (Phi) is 6.50. The molecule has 0 radical (unpaired) electrons. The number of nitrogens with zero attached hydrogens (tertiary/aromatic N) is 3. The van der Waals surface area contributed by atoms with E-state index in [-0.39, 0.29) is 11.6 Å². The second kappa shape index (κ2) is 9.85. The summed E-state index contributed by atoms with van der Waals surface area (Å²) in [5, 5.41) is 9.51. The van der Waals surface area contributed by atoms with Crippen LogP contribution in [0.2, 0.25) is 0 Å². The van der Waals surface area contributed by atoms with E-state index in [1.54, 1.807) is 6.20 Å². The number of para-hydroxylation sites is 1. The second-order valence-corrected chi connectivity index (χ2v) is 9.70. The van der Waals surface area contributed by atoms with Crippen LogP contribution < -0.4 is 16.4 Å². The number of thiophene rings is 1. The molecule has 174 valence electrons. The molecule has 9 nitrogen and oxygen atoms in total. The number of ether oxygens (including phenoxy) is 1. The van der Waals surface area contributed by atoms with E-state index < -0.39 is 5.91 Å². The molecule has 1 aromatic carbocycles. The van der Waals surface area contributed by atoms with Gasteiger partial charge in [0.05, 0.1) is 30.0 Å². The van der Waals surface area contributed by atoms with Crippen LogP contribution >= 0.6 is 22.7 Å². The maximum atomic E-state index is 12.9. The molecule has 4 heterocycles. The summed E-state index contributed by atoms with van der Waals surface area (Å²) >= 11 is 2.69. The molecule has 0 atom stereocenters. The zero-order valence-corrected chi connectivity index (χ0v) is 19.7. The molecular formula is C23H22N6O3S2. The number of fused-ring (bicyclic) bond motifs is 1. The van der Waals surface area contributed by atoms with Gasteiger partial charge in [0.25, 0.3) is 11.8 Å². The van der Waals surface area contributed by atoms with Crippen molar-refractivity contribution in [3.63, 3.8) is 0 Å². The number of nitrogens with one attached hydrogen (secondary N) is 2. The van der Waals surface area contributed by atoms with Crippen LogP contribution in [0.15, 0.2) is 48.0 Å². The lowest BCUT2D eigenvalue weighted by Gasteiger charge is -2.25. The Balaban J connectivity index is 1.32. The number of primary amides is 1. The number of anilines is 3. The predicted octanol–water partition coefficient (Wildman–Crippen LogP) is 3.68. The summed E-state index contributed by atoms with van der Waals surface area (Å²) in [4.78, 5) is 37.0. The molecule has 1 saturated heterocycles. The van der Waals surface area contributed by atoms with Crippen molar-refractivity contribution < 1.29 is 14.3 Å². The molecular weight excluding hydrogens is 472 g/mol. The van der Waals surface area contributed by atoms with Gasteiger partial charge in [0, 0.05) is 41.5 Å². The molecule has 2 amide bonds. The summed E-state index contributed by atoms with van der Waals surface area (Å²) in [6, 6.07) is 11.4. The van der Waals surface area contributed by atoms with E-state index in [1.807, 2.05) is 41.8 Å². The fourth-order valence-electron chi connectivity index (χ4n) is 3.68. The molecule has 4 aromatic rings. The van der Waals surface area contributed by atoms with Crippen molar-refractivity contribution >= 4 is 61.2 Å². The van der Waals surface area contributed by atoms with Crippen molar-refractivity contribution in [2.75, 3.05) is 36.9 Å². The summed E-state index contributed by atoms with van der Waals surface area (Å²) in [7, 11) is 0. The third kappa shape index (κ3) is 4.92. The molecule has 3 aromatic heterocycles. The number of pyridine rings is 1. The topological polar surface area (TPSA) is 122 Å². The number of carbonyl (C=O) groups excluding carboxylic acids is 2. The van der Waals surface area contributed by atoms with Crippen molar-refractivity contribution in [2.24, 2.45) is 5.73 Å². The Hall–Kier alpha value is -3.38. The molecule has 34 heavy (non-hydrogen) atoms. The first kappa shape index (κ1) is 22.4. The average Bonchev–Trinajstić information content (AvgIpc) is 3.47. The molecule has 0 bridgehead atoms. The number of amides is 2. The molecule has 1 aliphatic rings. The van der Waals surface area contributed by atoms with Crippen LogP contribution in [-0.4, -0.2) is 53.0 Å². The Morgan fingerprint density at radius 2 is 2.00 bits per heavy atom. The van der Waals surface area contributed by atoms with Crippen molar-refractivity contribution in [3.05, 3.63) is 64.1 Å². The minimum atomic E-state index is -0.711. The number of hydrogen-bond donors (Lipinski definition) is 3. The standard InChI is InChI=1S/C23H22N6O3S2/c24-20(30)19-22(28-21(31)14-11-15(33-13-14)12-29-7-9-32-10-8-29)34-23(27-19)26-18-5-6-25-17-4-2-1-3-16(17)18/h1-6,11,13H,7-10,12H2,(H2,24,30)(H,28,31)(H,25,26,27). The van der Waals surface area contributed by atoms with Crippen LogP contribution in [0.5, 0.6) is 0 Å². The van der Waals surface area contributed by atoms with E-state index in [9.17, 15) is 9.59 Å². The lowest BCUT2D eigenvalue weighted by Crippen LogP contribution is -2.35. The fraction of sp³-hybridized carbons (Fsp3) is 0.217. The van der Waals surface area contributed by atoms with E-state index in [4.69, 9.17) is 10.5 Å². The summed E-state index contributed by atoms with van der Waals surface area (Å²) in [5.41, 5.74) is 7.71. The highest BCUT2D eigenvalue weighted by molar-refractivity contribution is 7.20. The number of carbonyl (C=O) groups is 2. The highest BCUT2D eigenvalue weighted by Gasteiger charge is 2.20. The van der Waals surface area contributed by atoms with Gasteiger partial charge >= 0.3 is 0 Å². The fourth-order valence-corrected chi connectivity index (χ4v) is 5.47. The number of nitrogens with two attached hydrogens (primary N) is 1. The average molecular weight is 495 g/mol. The molecule has 0 saturated carbocycles. The number of thiazole rings is 1. The van der Waals surface area contributed by atoms with E-state index in [0.717, 1.165) is 65.7 Å². The minimum Gasteiger partial charge on any atom is -0.379 e. The summed E-state index contributed by atoms with van der Waals surface area (Å²) in [6.07, 6.45) is 1.70. The van der Waals surface area contributed by atoms with Crippen LogP contribution in [-0.2, 0) is 11.3 Å². The minimum absolute atomic E-state index is 0.0166. The Morgan fingerprint density at radius 1 is 1.18 bits per heavy atom. The molecule has 0 unspecified atom stereocenters. The molecule has 1 aliphatic heterocycles. The van der Waals surface area contributed by atoms with Gasteiger partial charge in [0.1, 0.15) is 5.00 Å². The van der Waals surface area contributed by atoms with Crippen LogP contribution in [0.1, 0.15) is 25.7 Å². The van der Waals surface area contributed by atoms with Crippen LogP contribution in [0, 0.1) is 0 Å². The smallest absolute Gasteiger partial charge is 0.270 e. The second-order valence-electron chi connectivity index (χ2n) is 7.71. The Morgan fingerprint density at radius 3 is 2.82 bits per heavy atom. The van der Waals surface area contributed by atoms with Crippen LogP contribution in [0.4, 0.5) is 15.8 Å².